The topological polar surface area (TPSA) is 105 Å². The average Bonchev–Trinajstić information content (AvgIpc) is 2.89. The number of aromatic nitrogens is 2. The van der Waals surface area contributed by atoms with E-state index in [0.717, 1.165) is 0 Å². The predicted molar refractivity (Wildman–Crippen MR) is 72.3 cm³/mol. The molecule has 0 radical (unpaired) electrons. The van der Waals surface area contributed by atoms with Crippen LogP contribution in [0.3, 0.4) is 0 Å². The summed E-state index contributed by atoms with van der Waals surface area (Å²) < 4.78 is 4.89. The Morgan fingerprint density at radius 3 is 2.62 bits per heavy atom. The molecule has 0 fully saturated rings. The number of amides is 1. The number of hydrogen-bond donors (Lipinski definition) is 2. The zero-order valence-electron chi connectivity index (χ0n) is 11.4. The third-order valence-electron chi connectivity index (χ3n) is 2.82. The van der Waals surface area contributed by atoms with Crippen molar-refractivity contribution in [3.63, 3.8) is 0 Å². The molecule has 0 bridgehead atoms. The maximum atomic E-state index is 11.8. The van der Waals surface area contributed by atoms with E-state index in [1.165, 1.54) is 0 Å². The Morgan fingerprint density at radius 1 is 1.33 bits per heavy atom. The highest BCUT2D eigenvalue weighted by Gasteiger charge is 2.21. The lowest BCUT2D eigenvalue weighted by molar-refractivity contribution is -0.142. The predicted octanol–water partition coefficient (Wildman–Crippen LogP) is 1.25. The van der Waals surface area contributed by atoms with Crippen molar-refractivity contribution < 1.29 is 19.2 Å². The number of benzene rings is 1. The lowest BCUT2D eigenvalue weighted by atomic mass is 10.1. The second kappa shape index (κ2) is 6.65. The van der Waals surface area contributed by atoms with Crippen molar-refractivity contribution >= 4 is 11.9 Å². The molecule has 7 nitrogen and oxygen atoms in total. The van der Waals surface area contributed by atoms with Crippen molar-refractivity contribution in [2.24, 2.45) is 0 Å². The molecule has 1 aromatic heterocycles. The fourth-order valence-electron chi connectivity index (χ4n) is 1.83. The maximum absolute atomic E-state index is 11.8. The monoisotopic (exact) mass is 289 g/mol. The highest BCUT2D eigenvalue weighted by molar-refractivity contribution is 5.84. The highest BCUT2D eigenvalue weighted by Crippen LogP contribution is 2.13. The van der Waals surface area contributed by atoms with Gasteiger partial charge in [-0.25, -0.2) is 4.79 Å². The molecule has 0 aliphatic carbocycles. The number of hydrogen-bond acceptors (Lipinski definition) is 5. The van der Waals surface area contributed by atoms with Gasteiger partial charge in [0.2, 0.25) is 11.8 Å². The second-order valence-electron chi connectivity index (χ2n) is 4.48. The average molecular weight is 289 g/mol. The molecule has 21 heavy (non-hydrogen) atoms. The van der Waals surface area contributed by atoms with Crippen molar-refractivity contribution in [2.45, 2.75) is 25.8 Å². The first kappa shape index (κ1) is 14.7. The van der Waals surface area contributed by atoms with Crippen LogP contribution in [0, 0.1) is 6.92 Å². The Bertz CT molecular complexity index is 624. The van der Waals surface area contributed by atoms with E-state index in [1.807, 2.05) is 0 Å². The van der Waals surface area contributed by atoms with Crippen LogP contribution in [0.15, 0.2) is 34.9 Å². The third-order valence-corrected chi connectivity index (χ3v) is 2.82. The van der Waals surface area contributed by atoms with Crippen LogP contribution in [0.5, 0.6) is 0 Å². The molecule has 2 aromatic rings. The zero-order valence-corrected chi connectivity index (χ0v) is 11.4. The molecule has 0 aliphatic heterocycles. The smallest absolute Gasteiger partial charge is 0.330 e. The van der Waals surface area contributed by atoms with Crippen LogP contribution in [-0.4, -0.2) is 27.1 Å². The first-order chi connectivity index (χ1) is 10.1. The number of nitrogens with one attached hydrogen (secondary N) is 1. The van der Waals surface area contributed by atoms with Crippen molar-refractivity contribution in [2.75, 3.05) is 0 Å². The van der Waals surface area contributed by atoms with E-state index in [0.29, 0.717) is 17.3 Å². The molecule has 1 amide bonds. The van der Waals surface area contributed by atoms with Crippen LogP contribution in [-0.2, 0) is 16.0 Å². The molecule has 0 saturated carbocycles. The van der Waals surface area contributed by atoms with Crippen LogP contribution in [0.1, 0.15) is 29.7 Å². The SMILES string of the molecule is Cc1noc(CCC(=O)NC(C(=O)O)c2ccccc2)n1. The number of aryl methyl sites for hydroxylation is 2. The van der Waals surface area contributed by atoms with E-state index in [4.69, 9.17) is 4.52 Å². The summed E-state index contributed by atoms with van der Waals surface area (Å²) in [4.78, 5) is 27.1. The summed E-state index contributed by atoms with van der Waals surface area (Å²) in [5.41, 5.74) is 0.520. The molecule has 0 saturated heterocycles. The number of carboxylic acid groups (broad SMARTS) is 1. The molecule has 1 unspecified atom stereocenters. The highest BCUT2D eigenvalue weighted by atomic mass is 16.5. The molecular formula is C14H15N3O4. The summed E-state index contributed by atoms with van der Waals surface area (Å²) >= 11 is 0. The van der Waals surface area contributed by atoms with E-state index in [2.05, 4.69) is 15.5 Å². The van der Waals surface area contributed by atoms with E-state index in [1.54, 1.807) is 37.3 Å². The zero-order chi connectivity index (χ0) is 15.2. The largest absolute Gasteiger partial charge is 0.479 e. The first-order valence-corrected chi connectivity index (χ1v) is 6.42. The Hall–Kier alpha value is -2.70. The van der Waals surface area contributed by atoms with Gasteiger partial charge in [0.25, 0.3) is 0 Å². The van der Waals surface area contributed by atoms with Crippen molar-refractivity contribution in [1.82, 2.24) is 15.5 Å². The van der Waals surface area contributed by atoms with E-state index >= 15 is 0 Å². The van der Waals surface area contributed by atoms with Gasteiger partial charge >= 0.3 is 5.97 Å². The van der Waals surface area contributed by atoms with Gasteiger partial charge in [-0.05, 0) is 12.5 Å². The van der Waals surface area contributed by atoms with Gasteiger partial charge in [0.15, 0.2) is 11.9 Å². The Kier molecular flexibility index (Phi) is 4.65. The van der Waals surface area contributed by atoms with Crippen molar-refractivity contribution in [3.05, 3.63) is 47.6 Å². The fourth-order valence-corrected chi connectivity index (χ4v) is 1.83. The van der Waals surface area contributed by atoms with Gasteiger partial charge < -0.3 is 14.9 Å². The molecule has 1 heterocycles. The molecule has 110 valence electrons. The van der Waals surface area contributed by atoms with Gasteiger partial charge in [0.05, 0.1) is 0 Å². The summed E-state index contributed by atoms with van der Waals surface area (Å²) in [6.07, 6.45) is 0.353. The Morgan fingerprint density at radius 2 is 2.05 bits per heavy atom. The van der Waals surface area contributed by atoms with Crippen LogP contribution in [0.4, 0.5) is 0 Å². The Balaban J connectivity index is 1.94. The maximum Gasteiger partial charge on any atom is 0.330 e. The van der Waals surface area contributed by atoms with Crippen molar-refractivity contribution in [1.29, 1.82) is 0 Å². The normalized spacial score (nSPS) is 11.9. The minimum absolute atomic E-state index is 0.0816. The lowest BCUT2D eigenvalue weighted by Gasteiger charge is -2.14. The molecule has 1 aromatic carbocycles. The summed E-state index contributed by atoms with van der Waals surface area (Å²) in [6, 6.07) is 7.46. The first-order valence-electron chi connectivity index (χ1n) is 6.42. The van der Waals surface area contributed by atoms with Gasteiger partial charge in [-0.3, -0.25) is 4.79 Å². The molecule has 0 spiro atoms. The van der Waals surface area contributed by atoms with Gasteiger partial charge in [-0.1, -0.05) is 35.5 Å². The minimum Gasteiger partial charge on any atom is -0.479 e. The van der Waals surface area contributed by atoms with E-state index < -0.39 is 12.0 Å². The molecule has 2 N–H and O–H groups in total. The number of carbonyl (C=O) groups is 2. The van der Waals surface area contributed by atoms with Crippen LogP contribution >= 0.6 is 0 Å². The quantitative estimate of drug-likeness (QED) is 0.829. The summed E-state index contributed by atoms with van der Waals surface area (Å²) in [5.74, 6) is -0.641. The molecule has 7 heteroatoms. The number of aliphatic carboxylic acids is 1. The number of nitrogens with zero attached hydrogens (tertiary/aromatic N) is 2. The second-order valence-corrected chi connectivity index (χ2v) is 4.48. The lowest BCUT2D eigenvalue weighted by Crippen LogP contribution is -2.33. The van der Waals surface area contributed by atoms with Gasteiger partial charge in [0, 0.05) is 12.8 Å². The summed E-state index contributed by atoms with van der Waals surface area (Å²) in [6.45, 7) is 1.68. The molecule has 2 rings (SSSR count). The van der Waals surface area contributed by atoms with Crippen molar-refractivity contribution in [3.8, 4) is 0 Å². The van der Waals surface area contributed by atoms with Gasteiger partial charge in [-0.2, -0.15) is 4.98 Å². The summed E-state index contributed by atoms with van der Waals surface area (Å²) in [7, 11) is 0. The third kappa shape index (κ3) is 4.13. The van der Waals surface area contributed by atoms with E-state index in [-0.39, 0.29) is 18.7 Å². The minimum atomic E-state index is -1.11. The van der Waals surface area contributed by atoms with E-state index in [9.17, 15) is 14.7 Å². The van der Waals surface area contributed by atoms with Crippen LogP contribution in [0.2, 0.25) is 0 Å². The number of carboxylic acids is 1. The number of carbonyl (C=O) groups excluding carboxylic acids is 1. The molecule has 0 aliphatic rings. The standard InChI is InChI=1S/C14H15N3O4/c1-9-15-12(21-17-9)8-7-11(18)16-13(14(19)20)10-5-3-2-4-6-10/h2-6,13H,7-8H2,1H3,(H,16,18)(H,19,20). The summed E-state index contributed by atoms with van der Waals surface area (Å²) in [5, 5.41) is 15.3. The van der Waals surface area contributed by atoms with Gasteiger partial charge in [0.1, 0.15) is 0 Å². The number of rotatable bonds is 6. The fraction of sp³-hybridized carbons (Fsp3) is 0.286. The molecule has 1 atom stereocenters. The molecular weight excluding hydrogens is 274 g/mol. The van der Waals surface area contributed by atoms with Gasteiger partial charge in [-0.15, -0.1) is 0 Å². The Labute approximate surface area is 121 Å². The van der Waals surface area contributed by atoms with Crippen LogP contribution < -0.4 is 5.32 Å². The van der Waals surface area contributed by atoms with Crippen LogP contribution in [0.25, 0.3) is 0 Å².